The Morgan fingerprint density at radius 2 is 1.69 bits per heavy atom. The molecule has 3 nitrogen and oxygen atoms in total. The number of phenols is 1. The van der Waals surface area contributed by atoms with Crippen molar-refractivity contribution in [2.45, 2.75) is 39.8 Å². The van der Waals surface area contributed by atoms with Crippen LogP contribution in [0.25, 0.3) is 0 Å². The molecule has 0 bridgehead atoms. The molecule has 0 fully saturated rings. The Morgan fingerprint density at radius 3 is 2.12 bits per heavy atom. The topological polar surface area (TPSA) is 52.5 Å². The van der Waals surface area contributed by atoms with E-state index in [0.29, 0.717) is 18.8 Å². The molecule has 0 radical (unpaired) electrons. The van der Waals surface area contributed by atoms with Crippen LogP contribution in [-0.4, -0.2) is 22.4 Å². The Morgan fingerprint density at radius 1 is 1.19 bits per heavy atom. The van der Waals surface area contributed by atoms with Gasteiger partial charge < -0.3 is 15.5 Å². The predicted molar refractivity (Wildman–Crippen MR) is 65.6 cm³/mol. The van der Waals surface area contributed by atoms with Crippen LogP contribution in [0.5, 0.6) is 5.75 Å². The number of rotatable bonds is 4. The molecule has 1 aromatic carbocycles. The van der Waals surface area contributed by atoms with Crippen molar-refractivity contribution in [3.63, 3.8) is 0 Å². The van der Waals surface area contributed by atoms with Gasteiger partial charge in [0.1, 0.15) is 5.75 Å². The summed E-state index contributed by atoms with van der Waals surface area (Å²) in [6.07, 6.45) is 0. The van der Waals surface area contributed by atoms with E-state index < -0.39 is 5.60 Å². The third-order valence-electron chi connectivity index (χ3n) is 2.44. The predicted octanol–water partition coefficient (Wildman–Crippen LogP) is 1.87. The van der Waals surface area contributed by atoms with E-state index in [4.69, 9.17) is 0 Å². The first-order valence-corrected chi connectivity index (χ1v) is 5.52. The molecule has 16 heavy (non-hydrogen) atoms. The molecule has 0 unspecified atom stereocenters. The van der Waals surface area contributed by atoms with Crippen LogP contribution in [0.4, 0.5) is 0 Å². The van der Waals surface area contributed by atoms with E-state index in [0.717, 1.165) is 16.7 Å². The Bertz CT molecular complexity index is 344. The van der Waals surface area contributed by atoms with E-state index in [1.54, 1.807) is 13.8 Å². The molecule has 1 rings (SSSR count). The molecule has 90 valence electrons. The zero-order chi connectivity index (χ0) is 12.3. The summed E-state index contributed by atoms with van der Waals surface area (Å²) in [5.41, 5.74) is 2.21. The third-order valence-corrected chi connectivity index (χ3v) is 2.44. The van der Waals surface area contributed by atoms with Gasteiger partial charge in [-0.25, -0.2) is 0 Å². The summed E-state index contributed by atoms with van der Waals surface area (Å²) in [6, 6.07) is 3.92. The lowest BCUT2D eigenvalue weighted by atomic mass is 10.1. The number of hydrogen-bond acceptors (Lipinski definition) is 3. The first-order valence-electron chi connectivity index (χ1n) is 5.52. The van der Waals surface area contributed by atoms with Crippen molar-refractivity contribution in [2.75, 3.05) is 6.54 Å². The SMILES string of the molecule is Cc1cc(CNCC(C)(C)O)cc(C)c1O. The van der Waals surface area contributed by atoms with Crippen molar-refractivity contribution in [2.24, 2.45) is 0 Å². The molecule has 0 heterocycles. The second-order valence-corrected chi connectivity index (χ2v) is 4.99. The van der Waals surface area contributed by atoms with Crippen molar-refractivity contribution in [1.82, 2.24) is 5.32 Å². The van der Waals surface area contributed by atoms with Gasteiger partial charge in [0, 0.05) is 13.1 Å². The lowest BCUT2D eigenvalue weighted by Gasteiger charge is -2.18. The largest absolute Gasteiger partial charge is 0.507 e. The van der Waals surface area contributed by atoms with Gasteiger partial charge in [0.15, 0.2) is 0 Å². The van der Waals surface area contributed by atoms with Crippen LogP contribution in [-0.2, 0) is 6.54 Å². The van der Waals surface area contributed by atoms with Crippen LogP contribution >= 0.6 is 0 Å². The molecule has 3 heteroatoms. The van der Waals surface area contributed by atoms with Crippen LogP contribution in [0.1, 0.15) is 30.5 Å². The molecule has 1 aromatic rings. The Kier molecular flexibility index (Phi) is 3.94. The van der Waals surface area contributed by atoms with Crippen molar-refractivity contribution in [3.05, 3.63) is 28.8 Å². The number of phenolic OH excluding ortho intramolecular Hbond substituents is 1. The highest BCUT2D eigenvalue weighted by Gasteiger charge is 2.11. The van der Waals surface area contributed by atoms with Crippen LogP contribution < -0.4 is 5.32 Å². The zero-order valence-corrected chi connectivity index (χ0v) is 10.5. The molecule has 0 aliphatic heterocycles. The fourth-order valence-corrected chi connectivity index (χ4v) is 1.66. The van der Waals surface area contributed by atoms with E-state index >= 15 is 0 Å². The minimum absolute atomic E-state index is 0.367. The van der Waals surface area contributed by atoms with Gasteiger partial charge in [0.2, 0.25) is 0 Å². The van der Waals surface area contributed by atoms with E-state index in [1.807, 2.05) is 26.0 Å². The fourth-order valence-electron chi connectivity index (χ4n) is 1.66. The normalized spacial score (nSPS) is 11.8. The minimum atomic E-state index is -0.693. The van der Waals surface area contributed by atoms with Crippen LogP contribution in [0.2, 0.25) is 0 Å². The van der Waals surface area contributed by atoms with Gasteiger partial charge in [-0.1, -0.05) is 12.1 Å². The molecule has 0 aliphatic rings. The van der Waals surface area contributed by atoms with Gasteiger partial charge in [-0.15, -0.1) is 0 Å². The fraction of sp³-hybridized carbons (Fsp3) is 0.538. The van der Waals surface area contributed by atoms with Gasteiger partial charge in [0.05, 0.1) is 5.60 Å². The molecule has 0 atom stereocenters. The van der Waals surface area contributed by atoms with E-state index in [1.165, 1.54) is 0 Å². The highest BCUT2D eigenvalue weighted by molar-refractivity contribution is 5.42. The smallest absolute Gasteiger partial charge is 0.121 e. The summed E-state index contributed by atoms with van der Waals surface area (Å²) in [7, 11) is 0. The monoisotopic (exact) mass is 223 g/mol. The molecule has 0 spiro atoms. The van der Waals surface area contributed by atoms with Crippen molar-refractivity contribution >= 4 is 0 Å². The lowest BCUT2D eigenvalue weighted by molar-refractivity contribution is 0.0795. The first-order chi connectivity index (χ1) is 7.29. The molecule has 0 aliphatic carbocycles. The Labute approximate surface area is 97.1 Å². The Hall–Kier alpha value is -1.06. The summed E-state index contributed by atoms with van der Waals surface area (Å²) >= 11 is 0. The summed E-state index contributed by atoms with van der Waals surface area (Å²) in [5.74, 6) is 0.367. The second-order valence-electron chi connectivity index (χ2n) is 4.99. The average Bonchev–Trinajstić information content (AvgIpc) is 2.12. The van der Waals surface area contributed by atoms with Crippen LogP contribution in [0.15, 0.2) is 12.1 Å². The first kappa shape index (κ1) is 13.0. The number of aryl methyl sites for hydroxylation is 2. The van der Waals surface area contributed by atoms with E-state index in [9.17, 15) is 10.2 Å². The molecular weight excluding hydrogens is 202 g/mol. The van der Waals surface area contributed by atoms with Gasteiger partial charge in [-0.05, 0) is 44.4 Å². The molecule has 3 N–H and O–H groups in total. The maximum atomic E-state index is 9.63. The van der Waals surface area contributed by atoms with Crippen molar-refractivity contribution < 1.29 is 10.2 Å². The molecule has 0 saturated carbocycles. The molecule has 0 amide bonds. The minimum Gasteiger partial charge on any atom is -0.507 e. The average molecular weight is 223 g/mol. The van der Waals surface area contributed by atoms with E-state index in [-0.39, 0.29) is 0 Å². The van der Waals surface area contributed by atoms with Crippen molar-refractivity contribution in [3.8, 4) is 5.75 Å². The van der Waals surface area contributed by atoms with Gasteiger partial charge >= 0.3 is 0 Å². The quantitative estimate of drug-likeness (QED) is 0.730. The van der Waals surface area contributed by atoms with Crippen LogP contribution in [0, 0.1) is 13.8 Å². The Balaban J connectivity index is 2.62. The third kappa shape index (κ3) is 3.83. The summed E-state index contributed by atoms with van der Waals surface area (Å²) in [5, 5.41) is 22.4. The lowest BCUT2D eigenvalue weighted by Crippen LogP contribution is -2.34. The highest BCUT2D eigenvalue weighted by atomic mass is 16.3. The highest BCUT2D eigenvalue weighted by Crippen LogP contribution is 2.22. The van der Waals surface area contributed by atoms with Gasteiger partial charge in [-0.2, -0.15) is 0 Å². The second kappa shape index (κ2) is 4.85. The summed E-state index contributed by atoms with van der Waals surface area (Å²) in [6.45, 7) is 8.57. The number of aromatic hydroxyl groups is 1. The molecular formula is C13H21NO2. The van der Waals surface area contributed by atoms with E-state index in [2.05, 4.69) is 5.32 Å². The van der Waals surface area contributed by atoms with Crippen LogP contribution in [0.3, 0.4) is 0 Å². The molecule has 0 aromatic heterocycles. The maximum Gasteiger partial charge on any atom is 0.121 e. The van der Waals surface area contributed by atoms with Gasteiger partial charge in [0.25, 0.3) is 0 Å². The number of nitrogens with one attached hydrogen (secondary N) is 1. The number of hydrogen-bond donors (Lipinski definition) is 3. The van der Waals surface area contributed by atoms with Crippen molar-refractivity contribution in [1.29, 1.82) is 0 Å². The van der Waals surface area contributed by atoms with Gasteiger partial charge in [-0.3, -0.25) is 0 Å². The zero-order valence-electron chi connectivity index (χ0n) is 10.5. The summed E-state index contributed by atoms with van der Waals surface area (Å²) in [4.78, 5) is 0. The maximum absolute atomic E-state index is 9.63. The molecule has 0 saturated heterocycles. The standard InChI is InChI=1S/C13H21NO2/c1-9-5-11(6-10(2)12(9)15)7-14-8-13(3,4)16/h5-6,14-16H,7-8H2,1-4H3. The number of benzene rings is 1. The summed E-state index contributed by atoms with van der Waals surface area (Å²) < 4.78 is 0. The number of aliphatic hydroxyl groups is 1.